The predicted octanol–water partition coefficient (Wildman–Crippen LogP) is 1.07. The fourth-order valence-corrected chi connectivity index (χ4v) is 0. The number of hydrogen-bond acceptors (Lipinski definition) is 0. The second-order valence-electron chi connectivity index (χ2n) is 0.623. The normalized spacial score (nSPS) is 6.75. The van der Waals surface area contributed by atoms with Crippen LogP contribution >= 0.6 is 0 Å². The van der Waals surface area contributed by atoms with Gasteiger partial charge in [-0.2, -0.15) is 0 Å². The third kappa shape index (κ3) is 29.2. The molecule has 0 fully saturated rings. The monoisotopic (exact) mass is 147 g/mol. The standard InChI is InChI=1S/C3H5.Pd/c1-3-2;/h1H2,2H3;. The Kier molecular flexibility index (Phi) is 1.87. The molecule has 0 aromatic carbocycles. The maximum absolute atomic E-state index is 3.49. The summed E-state index contributed by atoms with van der Waals surface area (Å²) in [5.41, 5.74) is 0. The Bertz CT molecular complexity index is 26.3. The first-order chi connectivity index (χ1) is 1.73. The zero-order valence-corrected chi connectivity index (χ0v) is 4.08. The molecule has 4 heavy (non-hydrogen) atoms. The number of hydrogen-bond donors (Lipinski definition) is 0. The molecule has 0 saturated heterocycles. The van der Waals surface area contributed by atoms with E-state index >= 15 is 0 Å². The molecule has 0 spiro atoms. The summed E-state index contributed by atoms with van der Waals surface area (Å²) in [6.45, 7) is 5.39. The van der Waals surface area contributed by atoms with Gasteiger partial charge in [0.05, 0.1) is 0 Å². The molecule has 0 nitrogen and oxygen atoms in total. The Labute approximate surface area is 37.3 Å². The summed E-state index contributed by atoms with van der Waals surface area (Å²) in [7, 11) is 0. The second kappa shape index (κ2) is 1.70. The molecule has 1 heteroatoms. The first kappa shape index (κ1) is 4.40. The van der Waals surface area contributed by atoms with Gasteiger partial charge in [0.2, 0.25) is 0 Å². The molecule has 0 aromatic rings. The Hall–Kier alpha value is 0.402. The fraction of sp³-hybridized carbons (Fsp3) is 0.333. The third-order valence-electron chi connectivity index (χ3n) is 0. The molecule has 0 aromatic heterocycles. The molecular weight excluding hydrogens is 142 g/mol. The molecule has 0 unspecified atom stereocenters. The van der Waals surface area contributed by atoms with Crippen molar-refractivity contribution < 1.29 is 19.2 Å². The molecule has 0 amide bonds. The third-order valence-corrected chi connectivity index (χ3v) is 0. The first-order valence-electron chi connectivity index (χ1n) is 1.01. The fourth-order valence-electron chi connectivity index (χ4n) is 0. The van der Waals surface area contributed by atoms with Crippen molar-refractivity contribution in [2.24, 2.45) is 0 Å². The number of rotatable bonds is 0. The van der Waals surface area contributed by atoms with Gasteiger partial charge in [0.1, 0.15) is 0 Å². The SMILES string of the molecule is C=[C](C)[Pd]. The van der Waals surface area contributed by atoms with Crippen molar-refractivity contribution in [3.05, 3.63) is 10.6 Å². The van der Waals surface area contributed by atoms with Gasteiger partial charge in [0.25, 0.3) is 0 Å². The molecule has 0 saturated carbocycles. The Morgan fingerprint density at radius 1 is 2.00 bits per heavy atom. The zero-order chi connectivity index (χ0) is 3.58. The maximum atomic E-state index is 3.49. The van der Waals surface area contributed by atoms with Crippen LogP contribution < -0.4 is 0 Å². The molecule has 0 heterocycles. The average molecular weight is 147 g/mol. The van der Waals surface area contributed by atoms with Crippen molar-refractivity contribution in [1.82, 2.24) is 0 Å². The van der Waals surface area contributed by atoms with E-state index in [0.29, 0.717) is 0 Å². The number of allylic oxidation sites excluding steroid dienone is 1. The van der Waals surface area contributed by atoms with Gasteiger partial charge in [0.15, 0.2) is 0 Å². The van der Waals surface area contributed by atoms with Crippen molar-refractivity contribution in [2.45, 2.75) is 6.92 Å². The van der Waals surface area contributed by atoms with E-state index in [2.05, 4.69) is 25.8 Å². The van der Waals surface area contributed by atoms with E-state index < -0.39 is 0 Å². The van der Waals surface area contributed by atoms with Gasteiger partial charge in [-0.15, -0.1) is 0 Å². The van der Waals surface area contributed by atoms with Crippen molar-refractivity contribution in [1.29, 1.82) is 0 Å². The van der Waals surface area contributed by atoms with Gasteiger partial charge < -0.3 is 0 Å². The topological polar surface area (TPSA) is 0 Å². The minimum absolute atomic E-state index is 1.02. The molecule has 0 bridgehead atoms. The van der Waals surface area contributed by atoms with Crippen LogP contribution in [-0.4, -0.2) is 0 Å². The van der Waals surface area contributed by atoms with Gasteiger partial charge in [-0.05, 0) is 0 Å². The van der Waals surface area contributed by atoms with Crippen LogP contribution in [0.15, 0.2) is 10.6 Å². The van der Waals surface area contributed by atoms with E-state index in [1.165, 1.54) is 0 Å². The van der Waals surface area contributed by atoms with Crippen LogP contribution in [0.2, 0.25) is 0 Å². The molecule has 0 aliphatic heterocycles. The van der Waals surface area contributed by atoms with E-state index in [-0.39, 0.29) is 0 Å². The van der Waals surface area contributed by atoms with Gasteiger partial charge >= 0.3 is 36.8 Å². The van der Waals surface area contributed by atoms with Crippen molar-refractivity contribution in [3.8, 4) is 0 Å². The van der Waals surface area contributed by atoms with E-state index in [1.54, 1.807) is 0 Å². The van der Waals surface area contributed by atoms with E-state index in [1.807, 2.05) is 6.92 Å². The summed E-state index contributed by atoms with van der Waals surface area (Å²) in [4.78, 5) is 0. The molecule has 0 aliphatic carbocycles. The van der Waals surface area contributed by atoms with Crippen LogP contribution in [-0.2, 0) is 19.2 Å². The zero-order valence-electron chi connectivity index (χ0n) is 2.52. The van der Waals surface area contributed by atoms with Gasteiger partial charge in [-0.25, -0.2) is 0 Å². The van der Waals surface area contributed by atoms with Gasteiger partial charge in [-0.1, -0.05) is 0 Å². The summed E-state index contributed by atoms with van der Waals surface area (Å²) in [5.74, 6) is 0. The minimum atomic E-state index is 1.02. The van der Waals surface area contributed by atoms with Crippen LogP contribution in [0.3, 0.4) is 0 Å². The quantitative estimate of drug-likeness (QED) is 0.450. The van der Waals surface area contributed by atoms with Gasteiger partial charge in [0, 0.05) is 0 Å². The molecule has 0 rings (SSSR count). The van der Waals surface area contributed by atoms with Crippen LogP contribution in [0.4, 0.5) is 0 Å². The van der Waals surface area contributed by atoms with Crippen LogP contribution in [0.5, 0.6) is 0 Å². The summed E-state index contributed by atoms with van der Waals surface area (Å²) in [5, 5.41) is 0. The second-order valence-corrected chi connectivity index (χ2v) is 1.95. The molecule has 0 N–H and O–H groups in total. The van der Waals surface area contributed by atoms with Crippen molar-refractivity contribution >= 4 is 0 Å². The van der Waals surface area contributed by atoms with E-state index in [9.17, 15) is 0 Å². The van der Waals surface area contributed by atoms with Crippen LogP contribution in [0.25, 0.3) is 0 Å². The summed E-state index contributed by atoms with van der Waals surface area (Å²) < 4.78 is 1.02. The van der Waals surface area contributed by atoms with Crippen LogP contribution in [0, 0.1) is 0 Å². The summed E-state index contributed by atoms with van der Waals surface area (Å²) >= 11 is 2.86. The Balaban J connectivity index is 2.80. The average Bonchev–Trinajstić information content (AvgIpc) is 0.811. The van der Waals surface area contributed by atoms with Crippen molar-refractivity contribution in [3.63, 3.8) is 0 Å². The van der Waals surface area contributed by atoms with E-state index in [0.717, 1.165) is 4.05 Å². The van der Waals surface area contributed by atoms with Crippen LogP contribution in [0.1, 0.15) is 6.92 Å². The first-order valence-corrected chi connectivity index (χ1v) is 1.79. The molecule has 0 atom stereocenters. The Morgan fingerprint density at radius 3 is 2.00 bits per heavy atom. The molecule has 27 valence electrons. The summed E-state index contributed by atoms with van der Waals surface area (Å²) in [6, 6.07) is 0. The molecular formula is C3H5Pd. The molecule has 0 radical (unpaired) electrons. The van der Waals surface area contributed by atoms with Crippen molar-refractivity contribution in [2.75, 3.05) is 0 Å². The van der Waals surface area contributed by atoms with E-state index in [4.69, 9.17) is 0 Å². The van der Waals surface area contributed by atoms with Gasteiger partial charge in [-0.3, -0.25) is 0 Å². The predicted molar refractivity (Wildman–Crippen MR) is 14.8 cm³/mol. The molecule has 0 aliphatic rings. The summed E-state index contributed by atoms with van der Waals surface area (Å²) in [6.07, 6.45) is 0. The Morgan fingerprint density at radius 2 is 2.00 bits per heavy atom.